The molecule has 2 atom stereocenters. The van der Waals surface area contributed by atoms with E-state index in [1.54, 1.807) is 0 Å². The van der Waals surface area contributed by atoms with Crippen LogP contribution in [0.1, 0.15) is 25.3 Å². The minimum Gasteiger partial charge on any atom is -0.394 e. The van der Waals surface area contributed by atoms with Gasteiger partial charge in [-0.15, -0.1) is 0 Å². The topological polar surface area (TPSA) is 35.9 Å². The summed E-state index contributed by atoms with van der Waals surface area (Å²) >= 11 is 0. The lowest BCUT2D eigenvalue weighted by atomic mass is 9.96. The Morgan fingerprint density at radius 2 is 2.05 bits per heavy atom. The highest BCUT2D eigenvalue weighted by Crippen LogP contribution is 2.22. The minimum atomic E-state index is 0.110. The van der Waals surface area contributed by atoms with Crippen LogP contribution in [0.5, 0.6) is 0 Å². The number of piperidine rings is 1. The molecule has 124 valence electrons. The summed E-state index contributed by atoms with van der Waals surface area (Å²) in [5.74, 6) is 0. The SMILES string of the molecule is CC1CC(N(C)CCOCCO)CCN1Cc1ccccc1. The number of hydrogen-bond donors (Lipinski definition) is 1. The van der Waals surface area contributed by atoms with Crippen molar-refractivity contribution in [1.82, 2.24) is 9.80 Å². The van der Waals surface area contributed by atoms with Gasteiger partial charge in [-0.05, 0) is 32.4 Å². The first-order valence-electron chi connectivity index (χ1n) is 8.37. The van der Waals surface area contributed by atoms with Crippen LogP contribution in [0.15, 0.2) is 30.3 Å². The maximum Gasteiger partial charge on any atom is 0.0698 e. The number of aliphatic hydroxyl groups excluding tert-OH is 1. The summed E-state index contributed by atoms with van der Waals surface area (Å²) in [6, 6.07) is 12.0. The van der Waals surface area contributed by atoms with E-state index in [4.69, 9.17) is 9.84 Å². The zero-order chi connectivity index (χ0) is 15.8. The third kappa shape index (κ3) is 5.36. The molecule has 1 saturated heterocycles. The molecule has 1 heterocycles. The van der Waals surface area contributed by atoms with Crippen LogP contribution in [0.4, 0.5) is 0 Å². The standard InChI is InChI=1S/C18H30N2O2/c1-16-14-18(19(2)10-12-22-13-11-21)8-9-20(16)15-17-6-4-3-5-7-17/h3-7,16,18,21H,8-15H2,1-2H3. The smallest absolute Gasteiger partial charge is 0.0698 e. The Balaban J connectivity index is 1.74. The third-order valence-corrected chi connectivity index (χ3v) is 4.66. The Bertz CT molecular complexity index is 413. The fourth-order valence-electron chi connectivity index (χ4n) is 3.21. The number of aliphatic hydroxyl groups is 1. The van der Waals surface area contributed by atoms with E-state index in [1.165, 1.54) is 18.4 Å². The van der Waals surface area contributed by atoms with Crippen molar-refractivity contribution < 1.29 is 9.84 Å². The van der Waals surface area contributed by atoms with Gasteiger partial charge in [0.1, 0.15) is 0 Å². The summed E-state index contributed by atoms with van der Waals surface area (Å²) < 4.78 is 5.37. The second kappa shape index (κ2) is 9.26. The fraction of sp³-hybridized carbons (Fsp3) is 0.667. The van der Waals surface area contributed by atoms with E-state index < -0.39 is 0 Å². The fourth-order valence-corrected chi connectivity index (χ4v) is 3.21. The molecule has 1 fully saturated rings. The van der Waals surface area contributed by atoms with Crippen LogP contribution >= 0.6 is 0 Å². The van der Waals surface area contributed by atoms with Gasteiger partial charge < -0.3 is 14.7 Å². The quantitative estimate of drug-likeness (QED) is 0.745. The van der Waals surface area contributed by atoms with Crippen LogP contribution in [0, 0.1) is 0 Å². The summed E-state index contributed by atoms with van der Waals surface area (Å²) in [7, 11) is 2.19. The Hall–Kier alpha value is -0.940. The van der Waals surface area contributed by atoms with E-state index in [-0.39, 0.29) is 6.61 Å². The monoisotopic (exact) mass is 306 g/mol. The van der Waals surface area contributed by atoms with Crippen molar-refractivity contribution in [2.24, 2.45) is 0 Å². The average molecular weight is 306 g/mol. The maximum atomic E-state index is 8.72. The van der Waals surface area contributed by atoms with Gasteiger partial charge in [-0.25, -0.2) is 0 Å². The van der Waals surface area contributed by atoms with Gasteiger partial charge in [0, 0.05) is 31.7 Å². The molecule has 0 radical (unpaired) electrons. The van der Waals surface area contributed by atoms with Crippen molar-refractivity contribution in [1.29, 1.82) is 0 Å². The highest BCUT2D eigenvalue weighted by atomic mass is 16.5. The average Bonchev–Trinajstić information content (AvgIpc) is 2.54. The molecule has 1 aliphatic rings. The Kier molecular flexibility index (Phi) is 7.33. The van der Waals surface area contributed by atoms with E-state index in [1.807, 2.05) is 0 Å². The summed E-state index contributed by atoms with van der Waals surface area (Å²) in [5, 5.41) is 8.72. The number of nitrogens with zero attached hydrogens (tertiary/aromatic N) is 2. The number of likely N-dealkylation sites (tertiary alicyclic amines) is 1. The van der Waals surface area contributed by atoms with E-state index in [9.17, 15) is 0 Å². The van der Waals surface area contributed by atoms with Crippen molar-refractivity contribution in [3.8, 4) is 0 Å². The summed E-state index contributed by atoms with van der Waals surface area (Å²) in [5.41, 5.74) is 1.40. The Morgan fingerprint density at radius 3 is 2.73 bits per heavy atom. The highest BCUT2D eigenvalue weighted by molar-refractivity contribution is 5.14. The predicted octanol–water partition coefficient (Wildman–Crippen LogP) is 1.98. The van der Waals surface area contributed by atoms with E-state index in [0.29, 0.717) is 25.3 Å². The molecule has 0 spiro atoms. The first-order chi connectivity index (χ1) is 10.7. The summed E-state index contributed by atoms with van der Waals surface area (Å²) in [6.07, 6.45) is 2.43. The van der Waals surface area contributed by atoms with Crippen LogP contribution < -0.4 is 0 Å². The van der Waals surface area contributed by atoms with Gasteiger partial charge in [0.2, 0.25) is 0 Å². The minimum absolute atomic E-state index is 0.110. The van der Waals surface area contributed by atoms with Crippen LogP contribution in [-0.4, -0.2) is 66.9 Å². The molecule has 2 rings (SSSR count). The molecule has 0 bridgehead atoms. The molecule has 1 aromatic rings. The second-order valence-electron chi connectivity index (χ2n) is 6.30. The molecule has 4 nitrogen and oxygen atoms in total. The van der Waals surface area contributed by atoms with Crippen molar-refractivity contribution in [3.05, 3.63) is 35.9 Å². The molecule has 1 aromatic carbocycles. The van der Waals surface area contributed by atoms with Gasteiger partial charge in [-0.3, -0.25) is 4.90 Å². The molecule has 1 N–H and O–H groups in total. The molecular weight excluding hydrogens is 276 g/mol. The number of likely N-dealkylation sites (N-methyl/N-ethyl adjacent to an activating group) is 1. The lowest BCUT2D eigenvalue weighted by Gasteiger charge is -2.41. The number of rotatable bonds is 8. The van der Waals surface area contributed by atoms with E-state index in [0.717, 1.165) is 19.6 Å². The van der Waals surface area contributed by atoms with Gasteiger partial charge in [-0.1, -0.05) is 30.3 Å². The number of hydrogen-bond acceptors (Lipinski definition) is 4. The summed E-state index contributed by atoms with van der Waals surface area (Å²) in [6.45, 7) is 6.75. The van der Waals surface area contributed by atoms with Crippen molar-refractivity contribution in [2.75, 3.05) is 40.0 Å². The van der Waals surface area contributed by atoms with E-state index >= 15 is 0 Å². The molecule has 1 aliphatic heterocycles. The zero-order valence-corrected chi connectivity index (χ0v) is 13.9. The van der Waals surface area contributed by atoms with Crippen molar-refractivity contribution in [2.45, 2.75) is 38.4 Å². The normalized spacial score (nSPS) is 23.1. The van der Waals surface area contributed by atoms with Crippen molar-refractivity contribution in [3.63, 3.8) is 0 Å². The number of benzene rings is 1. The number of ether oxygens (including phenoxy) is 1. The van der Waals surface area contributed by atoms with Gasteiger partial charge in [-0.2, -0.15) is 0 Å². The van der Waals surface area contributed by atoms with Gasteiger partial charge in [0.15, 0.2) is 0 Å². The van der Waals surface area contributed by atoms with Gasteiger partial charge in [0.05, 0.1) is 19.8 Å². The van der Waals surface area contributed by atoms with Crippen molar-refractivity contribution >= 4 is 0 Å². The first-order valence-corrected chi connectivity index (χ1v) is 8.37. The second-order valence-corrected chi connectivity index (χ2v) is 6.30. The molecule has 22 heavy (non-hydrogen) atoms. The summed E-state index contributed by atoms with van der Waals surface area (Å²) in [4.78, 5) is 5.00. The molecule has 0 aliphatic carbocycles. The molecule has 0 aromatic heterocycles. The van der Waals surface area contributed by atoms with E-state index in [2.05, 4.69) is 54.1 Å². The zero-order valence-electron chi connectivity index (χ0n) is 13.9. The maximum absolute atomic E-state index is 8.72. The Labute approximate surface area is 134 Å². The Morgan fingerprint density at radius 1 is 1.27 bits per heavy atom. The molecule has 2 unspecified atom stereocenters. The lowest BCUT2D eigenvalue weighted by molar-refractivity contribution is 0.0449. The van der Waals surface area contributed by atoms with Gasteiger partial charge >= 0.3 is 0 Å². The highest BCUT2D eigenvalue weighted by Gasteiger charge is 2.27. The molecular formula is C18H30N2O2. The van der Waals surface area contributed by atoms with Gasteiger partial charge in [0.25, 0.3) is 0 Å². The molecule has 0 amide bonds. The van der Waals surface area contributed by atoms with Crippen LogP contribution in [0.2, 0.25) is 0 Å². The van der Waals surface area contributed by atoms with Crippen LogP contribution in [-0.2, 0) is 11.3 Å². The largest absolute Gasteiger partial charge is 0.394 e. The van der Waals surface area contributed by atoms with Crippen LogP contribution in [0.3, 0.4) is 0 Å². The molecule has 4 heteroatoms. The van der Waals surface area contributed by atoms with Crippen LogP contribution in [0.25, 0.3) is 0 Å². The molecule has 0 saturated carbocycles. The third-order valence-electron chi connectivity index (χ3n) is 4.66. The first kappa shape index (κ1) is 17.4. The lowest BCUT2D eigenvalue weighted by Crippen LogP contribution is -2.48. The predicted molar refractivity (Wildman–Crippen MR) is 89.9 cm³/mol.